The molecule has 0 spiro atoms. The summed E-state index contributed by atoms with van der Waals surface area (Å²) < 4.78 is 5.71. The van der Waals surface area contributed by atoms with E-state index in [1.807, 2.05) is 6.07 Å². The fourth-order valence-corrected chi connectivity index (χ4v) is 4.21. The van der Waals surface area contributed by atoms with Crippen molar-refractivity contribution in [3.63, 3.8) is 0 Å². The summed E-state index contributed by atoms with van der Waals surface area (Å²) in [4.78, 5) is 24.5. The lowest BCUT2D eigenvalue weighted by Crippen LogP contribution is -2.26. The monoisotopic (exact) mass is 471 g/mol. The van der Waals surface area contributed by atoms with E-state index >= 15 is 0 Å². The van der Waals surface area contributed by atoms with E-state index in [1.165, 1.54) is 18.0 Å². The molecule has 6 nitrogen and oxygen atoms in total. The third-order valence-corrected chi connectivity index (χ3v) is 6.31. The number of nitrogens with zero attached hydrogens (tertiary/aromatic N) is 2. The summed E-state index contributed by atoms with van der Waals surface area (Å²) in [7, 11) is 0. The highest BCUT2D eigenvalue weighted by molar-refractivity contribution is 8.15. The minimum Gasteiger partial charge on any atom is -0.455 e. The maximum atomic E-state index is 12.3. The number of Topliss-reactive ketones (excluding diaryl/α,β-unsaturated/α-hetero) is 1. The van der Waals surface area contributed by atoms with Gasteiger partial charge in [0.1, 0.15) is 11.5 Å². The highest BCUT2D eigenvalue weighted by Crippen LogP contribution is 2.34. The molecular weight excluding hydrogens is 457 g/mol. The molecule has 1 saturated heterocycles. The average Bonchev–Trinajstić information content (AvgIpc) is 3.37. The number of hydrogen-bond donors (Lipinski definition) is 1. The van der Waals surface area contributed by atoms with Crippen LogP contribution in [0.1, 0.15) is 22.5 Å². The SMILES string of the molecule is O=C(CC1S/C(=N/N=C/c2ccc(-c3cccc(Cl)c3Cl)o2)NC1=O)c1ccccc1. The number of furan rings is 1. The summed E-state index contributed by atoms with van der Waals surface area (Å²) >= 11 is 13.4. The van der Waals surface area contributed by atoms with Crippen LogP contribution in [-0.2, 0) is 4.79 Å². The van der Waals surface area contributed by atoms with E-state index in [0.717, 1.165) is 0 Å². The summed E-state index contributed by atoms with van der Waals surface area (Å²) in [5.41, 5.74) is 1.25. The molecule has 4 rings (SSSR count). The molecule has 1 unspecified atom stereocenters. The van der Waals surface area contributed by atoms with Crippen LogP contribution < -0.4 is 5.32 Å². The van der Waals surface area contributed by atoms with Crippen molar-refractivity contribution in [3.05, 3.63) is 82.0 Å². The Labute approximate surface area is 192 Å². The van der Waals surface area contributed by atoms with Gasteiger partial charge in [0.2, 0.25) is 5.91 Å². The largest absolute Gasteiger partial charge is 0.455 e. The molecule has 0 radical (unpaired) electrons. The minimum absolute atomic E-state index is 0.0885. The maximum Gasteiger partial charge on any atom is 0.240 e. The van der Waals surface area contributed by atoms with Crippen molar-refractivity contribution >= 4 is 58.0 Å². The Morgan fingerprint density at radius 1 is 1.10 bits per heavy atom. The standard InChI is InChI=1S/C22H15Cl2N3O3S/c23-16-8-4-7-15(20(16)24)18-10-9-14(30-18)12-25-27-22-26-21(29)19(31-22)11-17(28)13-5-2-1-3-6-13/h1-10,12,19H,11H2,(H,26,27,29)/b25-12+. The fourth-order valence-electron chi connectivity index (χ4n) is 2.90. The van der Waals surface area contributed by atoms with Crippen LogP contribution in [0, 0.1) is 0 Å². The fraction of sp³-hybridized carbons (Fsp3) is 0.0909. The van der Waals surface area contributed by atoms with Gasteiger partial charge in [-0.25, -0.2) is 0 Å². The van der Waals surface area contributed by atoms with E-state index in [9.17, 15) is 9.59 Å². The van der Waals surface area contributed by atoms with E-state index < -0.39 is 5.25 Å². The Kier molecular flexibility index (Phi) is 6.56. The van der Waals surface area contributed by atoms with Gasteiger partial charge in [0.25, 0.3) is 0 Å². The number of amides is 1. The second-order valence-electron chi connectivity index (χ2n) is 6.54. The van der Waals surface area contributed by atoms with Crippen LogP contribution in [0.4, 0.5) is 0 Å². The van der Waals surface area contributed by atoms with E-state index in [4.69, 9.17) is 27.6 Å². The zero-order valence-electron chi connectivity index (χ0n) is 15.9. The number of ketones is 1. The van der Waals surface area contributed by atoms with Gasteiger partial charge in [-0.15, -0.1) is 5.10 Å². The number of carbonyl (C=O) groups is 2. The number of thioether (sulfide) groups is 1. The summed E-state index contributed by atoms with van der Waals surface area (Å²) in [5.74, 6) is 0.644. The van der Waals surface area contributed by atoms with Crippen molar-refractivity contribution in [2.45, 2.75) is 11.7 Å². The van der Waals surface area contributed by atoms with Crippen molar-refractivity contribution in [2.75, 3.05) is 0 Å². The number of carbonyl (C=O) groups excluding carboxylic acids is 2. The number of amidine groups is 1. The lowest BCUT2D eigenvalue weighted by Gasteiger charge is -2.04. The molecule has 1 aliphatic heterocycles. The molecule has 1 aliphatic rings. The Hall–Kier alpha value is -2.87. The lowest BCUT2D eigenvalue weighted by atomic mass is 10.1. The van der Waals surface area contributed by atoms with Gasteiger partial charge in [-0.2, -0.15) is 5.10 Å². The predicted octanol–water partition coefficient (Wildman–Crippen LogP) is 5.45. The highest BCUT2D eigenvalue weighted by Gasteiger charge is 2.32. The molecule has 31 heavy (non-hydrogen) atoms. The lowest BCUT2D eigenvalue weighted by molar-refractivity contribution is -0.118. The normalized spacial score (nSPS) is 17.4. The summed E-state index contributed by atoms with van der Waals surface area (Å²) in [6.07, 6.45) is 1.51. The Bertz CT molecular complexity index is 1190. The smallest absolute Gasteiger partial charge is 0.240 e. The number of hydrogen-bond acceptors (Lipinski definition) is 6. The molecule has 1 amide bonds. The quantitative estimate of drug-likeness (QED) is 0.294. The van der Waals surface area contributed by atoms with E-state index in [2.05, 4.69) is 15.5 Å². The van der Waals surface area contributed by atoms with Crippen LogP contribution in [0.3, 0.4) is 0 Å². The van der Waals surface area contributed by atoms with E-state index in [-0.39, 0.29) is 18.1 Å². The van der Waals surface area contributed by atoms with E-state index in [1.54, 1.807) is 54.6 Å². The second-order valence-corrected chi connectivity index (χ2v) is 8.52. The molecule has 3 aromatic rings. The number of rotatable bonds is 6. The second kappa shape index (κ2) is 9.51. The maximum absolute atomic E-state index is 12.3. The highest BCUT2D eigenvalue weighted by atomic mass is 35.5. The van der Waals surface area contributed by atoms with Crippen molar-refractivity contribution < 1.29 is 14.0 Å². The first-order valence-electron chi connectivity index (χ1n) is 9.22. The first-order valence-corrected chi connectivity index (χ1v) is 10.9. The molecular formula is C22H15Cl2N3O3S. The van der Waals surface area contributed by atoms with E-state index in [0.29, 0.717) is 37.9 Å². The van der Waals surface area contributed by atoms with Crippen molar-refractivity contribution in [1.82, 2.24) is 5.32 Å². The topological polar surface area (TPSA) is 84.0 Å². The first-order chi connectivity index (χ1) is 15.0. The van der Waals surface area contributed by atoms with Gasteiger partial charge in [-0.05, 0) is 24.3 Å². The molecule has 2 heterocycles. The molecule has 0 aliphatic carbocycles. The number of halogens is 2. The zero-order chi connectivity index (χ0) is 21.8. The molecule has 9 heteroatoms. The Morgan fingerprint density at radius 3 is 2.71 bits per heavy atom. The van der Waals surface area contributed by atoms with Crippen molar-refractivity contribution in [2.24, 2.45) is 10.2 Å². The summed E-state index contributed by atoms with van der Waals surface area (Å²) in [6, 6.07) is 17.6. The summed E-state index contributed by atoms with van der Waals surface area (Å²) in [6.45, 7) is 0. The van der Waals surface area contributed by atoms with Gasteiger partial charge in [-0.1, -0.05) is 71.4 Å². The number of nitrogens with one attached hydrogen (secondary N) is 1. The van der Waals surface area contributed by atoms with Crippen LogP contribution in [0.2, 0.25) is 10.0 Å². The van der Waals surface area contributed by atoms with Gasteiger partial charge in [0.05, 0.1) is 21.5 Å². The third kappa shape index (κ3) is 5.07. The Balaban J connectivity index is 1.39. The number of benzene rings is 2. The van der Waals surface area contributed by atoms with Gasteiger partial charge in [0.15, 0.2) is 11.0 Å². The first kappa shape index (κ1) is 21.4. The van der Waals surface area contributed by atoms with Crippen LogP contribution in [0.15, 0.2) is 75.3 Å². The van der Waals surface area contributed by atoms with Gasteiger partial charge in [-0.3, -0.25) is 9.59 Å². The van der Waals surface area contributed by atoms with Crippen LogP contribution >= 0.6 is 35.0 Å². The van der Waals surface area contributed by atoms with Gasteiger partial charge < -0.3 is 9.73 Å². The molecule has 1 aromatic heterocycles. The predicted molar refractivity (Wildman–Crippen MR) is 124 cm³/mol. The average molecular weight is 472 g/mol. The molecule has 1 fully saturated rings. The van der Waals surface area contributed by atoms with Gasteiger partial charge >= 0.3 is 0 Å². The van der Waals surface area contributed by atoms with Gasteiger partial charge in [0, 0.05) is 17.5 Å². The third-order valence-electron chi connectivity index (χ3n) is 4.42. The molecule has 0 bridgehead atoms. The minimum atomic E-state index is -0.540. The zero-order valence-corrected chi connectivity index (χ0v) is 18.2. The van der Waals surface area contributed by atoms with Crippen LogP contribution in [0.5, 0.6) is 0 Å². The molecule has 0 saturated carbocycles. The molecule has 1 N–H and O–H groups in total. The van der Waals surface area contributed by atoms with Crippen molar-refractivity contribution in [1.29, 1.82) is 0 Å². The van der Waals surface area contributed by atoms with Crippen LogP contribution in [0.25, 0.3) is 11.3 Å². The van der Waals surface area contributed by atoms with Crippen molar-refractivity contribution in [3.8, 4) is 11.3 Å². The van der Waals surface area contributed by atoms with Crippen LogP contribution in [-0.4, -0.2) is 28.3 Å². The molecule has 2 aromatic carbocycles. The molecule has 1 atom stereocenters. The summed E-state index contributed by atoms with van der Waals surface area (Å²) in [5, 5.41) is 11.2. The Morgan fingerprint density at radius 2 is 1.90 bits per heavy atom. The molecule has 156 valence electrons.